The zero-order chi connectivity index (χ0) is 42.5. The molecule has 0 saturated carbocycles. The maximum absolute atomic E-state index is 7.03. The lowest BCUT2D eigenvalue weighted by atomic mass is 9.60. The van der Waals surface area contributed by atoms with Crippen molar-refractivity contribution in [2.24, 2.45) is 0 Å². The first kappa shape index (κ1) is 40.8. The number of furan rings is 1. The summed E-state index contributed by atoms with van der Waals surface area (Å²) < 4.78 is 9.43. The lowest BCUT2D eigenvalue weighted by Gasteiger charge is -2.22. The van der Waals surface area contributed by atoms with Gasteiger partial charge >= 0.3 is 0 Å². The van der Waals surface area contributed by atoms with E-state index < -0.39 is 0 Å². The Balaban J connectivity index is 1.67. The summed E-state index contributed by atoms with van der Waals surface area (Å²) in [6, 6.07) is 0. The van der Waals surface area contributed by atoms with Crippen molar-refractivity contribution in [3.63, 3.8) is 0 Å². The summed E-state index contributed by atoms with van der Waals surface area (Å²) in [4.78, 5) is 16.7. The van der Waals surface area contributed by atoms with Gasteiger partial charge in [0.15, 0.2) is 11.6 Å². The molecule has 5 aromatic carbocycles. The van der Waals surface area contributed by atoms with Crippen LogP contribution in [0.2, 0.25) is 0 Å². The van der Waals surface area contributed by atoms with E-state index in [0.717, 1.165) is 38.8 Å². The molecule has 0 bridgehead atoms. The van der Waals surface area contributed by atoms with Crippen molar-refractivity contribution in [2.45, 2.75) is 0 Å². The van der Waals surface area contributed by atoms with E-state index >= 15 is 0 Å². The second-order valence-electron chi connectivity index (χ2n) is 17.8. The third kappa shape index (κ3) is 5.29. The molecule has 0 aliphatic carbocycles. The molecule has 0 aliphatic heterocycles. The zero-order valence-corrected chi connectivity index (χ0v) is 38.7. The smallest absolute Gasteiger partial charge is 0.238 e. The van der Waals surface area contributed by atoms with Crippen molar-refractivity contribution >= 4 is 310 Å². The largest absolute Gasteiger partial charge is 0.457 e. The fraction of sp³-hybridized carbons (Fsp3) is 0. The van der Waals surface area contributed by atoms with Crippen LogP contribution in [-0.2, 0) is 0 Å². The second kappa shape index (κ2) is 13.8. The lowest BCUT2D eigenvalue weighted by molar-refractivity contribution is 0.675. The van der Waals surface area contributed by atoms with Gasteiger partial charge in [0.1, 0.15) is 168 Å². The summed E-state index contributed by atoms with van der Waals surface area (Å²) in [6.45, 7) is 0. The number of fused-ring (bicyclic) bond motifs is 6. The Morgan fingerprint density at radius 2 is 0.586 bits per heavy atom. The van der Waals surface area contributed by atoms with Gasteiger partial charge in [-0.25, -0.2) is 4.98 Å². The van der Waals surface area contributed by atoms with E-state index in [4.69, 9.17) is 19.4 Å². The molecule has 25 heteroatoms. The minimum atomic E-state index is 0.643. The highest BCUT2D eigenvalue weighted by Gasteiger charge is 2.29. The van der Waals surface area contributed by atoms with Crippen LogP contribution in [0.15, 0.2) is 4.42 Å². The standard InChI is InChI=1S/C33H40B20N4O/c34-7-1-2-14(41)29-4(3-8(35)16(43)24(51)26(53)30(3)58-29)13(40)27(2)57(28(1)25(52)23(50)15(7)42)33-55-31(5-9(36)17(44)21(48)18(45)10(5)37)54-32(56-33)6-11(38)19(46)22(49)20(47)12(6)39/h34-53H2. The fourth-order valence-corrected chi connectivity index (χ4v) is 10.3. The highest BCUT2D eigenvalue weighted by atomic mass is 16.3. The summed E-state index contributed by atoms with van der Waals surface area (Å²) in [5, 5.41) is 4.84. The Morgan fingerprint density at radius 1 is 0.276 bits per heavy atom. The van der Waals surface area contributed by atoms with Crippen molar-refractivity contribution in [1.29, 1.82) is 0 Å². The Labute approximate surface area is 360 Å². The van der Waals surface area contributed by atoms with E-state index in [-0.39, 0.29) is 0 Å². The van der Waals surface area contributed by atoms with Gasteiger partial charge in [-0.2, -0.15) is 9.97 Å². The van der Waals surface area contributed by atoms with Crippen LogP contribution >= 0.6 is 0 Å². The molecule has 0 aliphatic rings. The topological polar surface area (TPSA) is 56.7 Å². The molecule has 8 aromatic rings. The summed E-state index contributed by atoms with van der Waals surface area (Å²) >= 11 is 0. The van der Waals surface area contributed by atoms with Crippen LogP contribution in [-0.4, -0.2) is 176 Å². The highest BCUT2D eigenvalue weighted by molar-refractivity contribution is 6.73. The molecule has 258 valence electrons. The van der Waals surface area contributed by atoms with Crippen molar-refractivity contribution in [2.75, 3.05) is 0 Å². The van der Waals surface area contributed by atoms with E-state index in [1.807, 2.05) is 0 Å². The molecule has 3 heterocycles. The third-order valence-corrected chi connectivity index (χ3v) is 15.6. The molecular formula is C33H40B20N4O. The first-order chi connectivity index (χ1) is 27.1. The maximum Gasteiger partial charge on any atom is 0.238 e. The zero-order valence-electron chi connectivity index (χ0n) is 38.7. The number of nitrogens with zero attached hydrogens (tertiary/aromatic N) is 4. The van der Waals surface area contributed by atoms with Crippen LogP contribution < -0.4 is 109 Å². The number of benzene rings is 5. The van der Waals surface area contributed by atoms with Gasteiger partial charge in [-0.05, 0) is 5.46 Å². The lowest BCUT2D eigenvalue weighted by Crippen LogP contribution is -2.55. The molecule has 0 unspecified atom stereocenters. The second-order valence-corrected chi connectivity index (χ2v) is 17.8. The molecule has 0 amide bonds. The van der Waals surface area contributed by atoms with Gasteiger partial charge in [-0.15, -0.1) is 43.7 Å². The van der Waals surface area contributed by atoms with Gasteiger partial charge in [0.25, 0.3) is 0 Å². The van der Waals surface area contributed by atoms with Gasteiger partial charge in [-0.3, -0.25) is 4.57 Å². The number of hydrogen-bond acceptors (Lipinski definition) is 4. The van der Waals surface area contributed by atoms with Crippen LogP contribution in [0.1, 0.15) is 0 Å². The van der Waals surface area contributed by atoms with Crippen LogP contribution in [0, 0.1) is 0 Å². The van der Waals surface area contributed by atoms with Gasteiger partial charge in [0, 0.05) is 38.2 Å². The first-order valence-electron chi connectivity index (χ1n) is 20.9. The Kier molecular flexibility index (Phi) is 9.69. The molecule has 0 fully saturated rings. The van der Waals surface area contributed by atoms with E-state index in [1.54, 1.807) is 0 Å². The first-order valence-corrected chi connectivity index (χ1v) is 20.9. The minimum absolute atomic E-state index is 0.643. The molecule has 0 atom stereocenters. The molecule has 3 aromatic heterocycles. The average Bonchev–Trinajstić information content (AvgIpc) is 3.79. The Morgan fingerprint density at radius 3 is 1.05 bits per heavy atom. The molecule has 0 N–H and O–H groups in total. The third-order valence-electron chi connectivity index (χ3n) is 15.6. The van der Waals surface area contributed by atoms with Crippen molar-refractivity contribution in [3.8, 4) is 28.7 Å². The van der Waals surface area contributed by atoms with Crippen molar-refractivity contribution in [1.82, 2.24) is 19.5 Å². The Hall–Kier alpha value is -3.99. The monoisotopic (exact) mass is 729 g/mol. The summed E-state index contributed by atoms with van der Waals surface area (Å²) in [5.74, 6) is 2.07. The fourth-order valence-electron chi connectivity index (χ4n) is 10.3. The number of rotatable bonds is 3. The van der Waals surface area contributed by atoms with Crippen LogP contribution in [0.4, 0.5) is 0 Å². The maximum atomic E-state index is 7.03. The van der Waals surface area contributed by atoms with Crippen LogP contribution in [0.3, 0.4) is 0 Å². The Bertz CT molecular complexity index is 3100. The van der Waals surface area contributed by atoms with E-state index in [2.05, 4.69) is 161 Å². The molecule has 58 heavy (non-hydrogen) atoms. The highest BCUT2D eigenvalue weighted by Crippen LogP contribution is 2.33. The van der Waals surface area contributed by atoms with E-state index in [9.17, 15) is 0 Å². The van der Waals surface area contributed by atoms with Crippen LogP contribution in [0.25, 0.3) is 72.5 Å². The predicted octanol–water partition coefficient (Wildman–Crippen LogP) is -26.6. The van der Waals surface area contributed by atoms with Gasteiger partial charge < -0.3 is 4.42 Å². The average molecular weight is 725 g/mol. The molecule has 8 rings (SSSR count). The van der Waals surface area contributed by atoms with Crippen molar-refractivity contribution in [3.05, 3.63) is 0 Å². The summed E-state index contributed by atoms with van der Waals surface area (Å²) in [7, 11) is 44.8. The normalized spacial score (nSPS) is 11.8. The number of aromatic nitrogens is 4. The number of hydrogen-bond donors (Lipinski definition) is 0. The molecule has 0 spiro atoms. The van der Waals surface area contributed by atoms with Crippen LogP contribution in [0.5, 0.6) is 0 Å². The summed E-state index contributed by atoms with van der Waals surface area (Å²) in [5.41, 5.74) is 31.6. The SMILES string of the molecule is Bc1c(B)c(B)c(-c2nc(-c3c(B)c(B)c(B)c(B)c3B)nc(-n3c4c(B)c(B)c(B)c(B)c4c4c(B)c5oc6c(B)c(B)c(B)c(B)c6c5c(B)c43)n2)c(B)c1B. The minimum Gasteiger partial charge on any atom is -0.457 e. The van der Waals surface area contributed by atoms with Crippen molar-refractivity contribution < 1.29 is 4.42 Å². The molecule has 0 radical (unpaired) electrons. The van der Waals surface area contributed by atoms with E-state index in [0.29, 0.717) is 17.6 Å². The molecule has 5 nitrogen and oxygen atoms in total. The summed E-state index contributed by atoms with van der Waals surface area (Å²) in [6.07, 6.45) is 0. The van der Waals surface area contributed by atoms with Gasteiger partial charge in [-0.1, -0.05) is 60.1 Å². The van der Waals surface area contributed by atoms with E-state index in [1.165, 1.54) is 125 Å². The van der Waals surface area contributed by atoms with Gasteiger partial charge in [0.05, 0.1) is 5.52 Å². The predicted molar refractivity (Wildman–Crippen MR) is 316 cm³/mol. The van der Waals surface area contributed by atoms with Gasteiger partial charge in [0.2, 0.25) is 5.95 Å². The molecular weight excluding hydrogens is 685 g/mol. The molecule has 0 saturated heterocycles. The quantitative estimate of drug-likeness (QED) is 0.170.